The molecular formula is C21H20N4OS. The summed E-state index contributed by atoms with van der Waals surface area (Å²) in [6.45, 7) is 2.43. The highest BCUT2D eigenvalue weighted by Gasteiger charge is 2.17. The monoisotopic (exact) mass is 376 g/mol. The predicted octanol–water partition coefficient (Wildman–Crippen LogP) is 4.22. The summed E-state index contributed by atoms with van der Waals surface area (Å²) < 4.78 is 1.98. The van der Waals surface area contributed by atoms with Crippen LogP contribution in [0.5, 0.6) is 0 Å². The smallest absolute Gasteiger partial charge is 0.237 e. The Balaban J connectivity index is 1.73. The molecular weight excluding hydrogens is 356 g/mol. The highest BCUT2D eigenvalue weighted by Crippen LogP contribution is 2.23. The van der Waals surface area contributed by atoms with E-state index in [1.165, 1.54) is 17.3 Å². The lowest BCUT2D eigenvalue weighted by Gasteiger charge is -2.21. The van der Waals surface area contributed by atoms with Crippen LogP contribution in [0.2, 0.25) is 0 Å². The van der Waals surface area contributed by atoms with E-state index in [0.29, 0.717) is 13.0 Å². The van der Waals surface area contributed by atoms with Crippen LogP contribution in [0.15, 0.2) is 72.1 Å². The average molecular weight is 376 g/mol. The van der Waals surface area contributed by atoms with E-state index in [1.807, 2.05) is 66.2 Å². The van der Waals surface area contributed by atoms with Crippen molar-refractivity contribution in [2.24, 2.45) is 0 Å². The molecule has 1 heterocycles. The zero-order chi connectivity index (χ0) is 19.1. The predicted molar refractivity (Wildman–Crippen MR) is 108 cm³/mol. The molecule has 0 atom stereocenters. The molecule has 0 aliphatic carbocycles. The molecule has 0 spiro atoms. The van der Waals surface area contributed by atoms with Crippen molar-refractivity contribution < 1.29 is 4.79 Å². The summed E-state index contributed by atoms with van der Waals surface area (Å²) in [5.41, 5.74) is 2.99. The maximum absolute atomic E-state index is 12.8. The van der Waals surface area contributed by atoms with Crippen molar-refractivity contribution in [2.75, 3.05) is 17.2 Å². The minimum Gasteiger partial charge on any atom is -0.311 e. The molecule has 0 saturated carbocycles. The van der Waals surface area contributed by atoms with Gasteiger partial charge in [-0.25, -0.2) is 4.98 Å². The molecule has 0 fully saturated rings. The Morgan fingerprint density at radius 2 is 2.04 bits per heavy atom. The van der Waals surface area contributed by atoms with Crippen molar-refractivity contribution in [1.82, 2.24) is 9.55 Å². The summed E-state index contributed by atoms with van der Waals surface area (Å²) in [5.74, 6) is 0.212. The molecule has 6 heteroatoms. The molecule has 3 aromatic rings. The van der Waals surface area contributed by atoms with E-state index in [9.17, 15) is 4.79 Å². The van der Waals surface area contributed by atoms with Crippen LogP contribution in [0.25, 0.3) is 5.69 Å². The first-order chi connectivity index (χ1) is 13.2. The zero-order valence-corrected chi connectivity index (χ0v) is 15.9. The maximum atomic E-state index is 12.8. The number of imidazole rings is 1. The van der Waals surface area contributed by atoms with E-state index >= 15 is 0 Å². The number of aromatic nitrogens is 2. The normalized spacial score (nSPS) is 10.4. The van der Waals surface area contributed by atoms with Gasteiger partial charge in [0.1, 0.15) is 0 Å². The van der Waals surface area contributed by atoms with Crippen LogP contribution in [0.3, 0.4) is 0 Å². The second-order valence-electron chi connectivity index (χ2n) is 6.00. The molecule has 2 aromatic carbocycles. The maximum Gasteiger partial charge on any atom is 0.237 e. The second kappa shape index (κ2) is 9.06. The van der Waals surface area contributed by atoms with Crippen molar-refractivity contribution in [2.45, 2.75) is 18.5 Å². The molecule has 0 N–H and O–H groups in total. The van der Waals surface area contributed by atoms with Crippen molar-refractivity contribution in [1.29, 1.82) is 5.26 Å². The molecule has 3 rings (SSSR count). The van der Waals surface area contributed by atoms with Gasteiger partial charge in [-0.1, -0.05) is 42.1 Å². The van der Waals surface area contributed by atoms with Gasteiger partial charge in [0.25, 0.3) is 0 Å². The standard InChI is InChI=1S/C21H20N4OS/c1-17-7-5-10-19(15-17)25-14-12-23-21(25)27-16-20(26)24(13-6-11-22)18-8-3-2-4-9-18/h2-5,7-10,12,14-15H,6,13,16H2,1H3. The molecule has 5 nitrogen and oxygen atoms in total. The summed E-state index contributed by atoms with van der Waals surface area (Å²) in [6.07, 6.45) is 3.93. The summed E-state index contributed by atoms with van der Waals surface area (Å²) in [6, 6.07) is 19.7. The van der Waals surface area contributed by atoms with Crippen molar-refractivity contribution in [3.63, 3.8) is 0 Å². The molecule has 0 saturated heterocycles. The number of aryl methyl sites for hydroxylation is 1. The molecule has 1 amide bonds. The SMILES string of the molecule is Cc1cccc(-n2ccnc2SCC(=O)N(CCC#N)c2ccccc2)c1. The molecule has 0 aliphatic rings. The lowest BCUT2D eigenvalue weighted by atomic mass is 10.2. The van der Waals surface area contributed by atoms with Crippen molar-refractivity contribution in [3.8, 4) is 11.8 Å². The van der Waals surface area contributed by atoms with Gasteiger partial charge in [0.15, 0.2) is 5.16 Å². The zero-order valence-electron chi connectivity index (χ0n) is 15.1. The van der Waals surface area contributed by atoms with Crippen molar-refractivity contribution >= 4 is 23.4 Å². The minimum atomic E-state index is -0.0414. The highest BCUT2D eigenvalue weighted by molar-refractivity contribution is 7.99. The minimum absolute atomic E-state index is 0.0414. The van der Waals surface area contributed by atoms with Gasteiger partial charge in [-0.2, -0.15) is 5.26 Å². The third-order valence-corrected chi connectivity index (χ3v) is 4.98. The number of hydrogen-bond acceptors (Lipinski definition) is 4. The number of hydrogen-bond donors (Lipinski definition) is 0. The van der Waals surface area contributed by atoms with Crippen LogP contribution in [-0.2, 0) is 4.79 Å². The quantitative estimate of drug-likeness (QED) is 0.579. The van der Waals surface area contributed by atoms with Gasteiger partial charge in [0.2, 0.25) is 5.91 Å². The number of benzene rings is 2. The largest absolute Gasteiger partial charge is 0.311 e. The van der Waals surface area contributed by atoms with Gasteiger partial charge in [-0.05, 0) is 36.8 Å². The summed E-state index contributed by atoms with van der Waals surface area (Å²) in [4.78, 5) is 18.9. The molecule has 0 bridgehead atoms. The van der Waals surface area contributed by atoms with Crippen LogP contribution in [-0.4, -0.2) is 27.8 Å². The second-order valence-corrected chi connectivity index (χ2v) is 6.94. The van der Waals surface area contributed by atoms with Gasteiger partial charge >= 0.3 is 0 Å². The van der Waals surface area contributed by atoms with Crippen LogP contribution in [0.4, 0.5) is 5.69 Å². The summed E-state index contributed by atoms with van der Waals surface area (Å²) >= 11 is 1.40. The fourth-order valence-corrected chi connectivity index (χ4v) is 3.59. The van der Waals surface area contributed by atoms with Gasteiger partial charge < -0.3 is 4.90 Å². The Hall–Kier alpha value is -3.04. The Labute approximate surface area is 163 Å². The number of carbonyl (C=O) groups is 1. The molecule has 1 aromatic heterocycles. The summed E-state index contributed by atoms with van der Waals surface area (Å²) in [5, 5.41) is 9.67. The van der Waals surface area contributed by atoms with Gasteiger partial charge in [-0.15, -0.1) is 0 Å². The molecule has 0 radical (unpaired) electrons. The lowest BCUT2D eigenvalue weighted by Crippen LogP contribution is -2.33. The van der Waals surface area contributed by atoms with Crippen molar-refractivity contribution in [3.05, 3.63) is 72.6 Å². The Morgan fingerprint density at radius 3 is 2.78 bits per heavy atom. The molecule has 27 heavy (non-hydrogen) atoms. The van der Waals surface area contributed by atoms with Crippen LogP contribution in [0.1, 0.15) is 12.0 Å². The van der Waals surface area contributed by atoms with E-state index < -0.39 is 0 Å². The average Bonchev–Trinajstić information content (AvgIpc) is 3.16. The number of carbonyl (C=O) groups excluding carboxylic acids is 1. The van der Waals surface area contributed by atoms with Crippen LogP contribution < -0.4 is 4.90 Å². The number of para-hydroxylation sites is 1. The van der Waals surface area contributed by atoms with E-state index in [2.05, 4.69) is 17.1 Å². The first kappa shape index (κ1) is 18.7. The van der Waals surface area contributed by atoms with E-state index in [4.69, 9.17) is 5.26 Å². The van der Waals surface area contributed by atoms with Gasteiger partial charge in [0, 0.05) is 30.3 Å². The molecule has 136 valence electrons. The number of nitriles is 1. The lowest BCUT2D eigenvalue weighted by molar-refractivity contribution is -0.116. The van der Waals surface area contributed by atoms with Gasteiger partial charge in [0.05, 0.1) is 18.2 Å². The summed E-state index contributed by atoms with van der Waals surface area (Å²) in [7, 11) is 0. The first-order valence-electron chi connectivity index (χ1n) is 8.64. The van der Waals surface area contributed by atoms with E-state index in [0.717, 1.165) is 16.5 Å². The number of nitrogens with zero attached hydrogens (tertiary/aromatic N) is 4. The fraction of sp³-hybridized carbons (Fsp3) is 0.190. The third kappa shape index (κ3) is 4.78. The van der Waals surface area contributed by atoms with Crippen LogP contribution >= 0.6 is 11.8 Å². The van der Waals surface area contributed by atoms with Gasteiger partial charge in [-0.3, -0.25) is 9.36 Å². The molecule has 0 unspecified atom stereocenters. The molecule has 0 aliphatic heterocycles. The number of amides is 1. The number of thioether (sulfide) groups is 1. The first-order valence-corrected chi connectivity index (χ1v) is 9.63. The number of rotatable bonds is 7. The number of anilines is 1. The van der Waals surface area contributed by atoms with E-state index in [1.54, 1.807) is 11.1 Å². The topological polar surface area (TPSA) is 61.9 Å². The third-order valence-electron chi connectivity index (χ3n) is 4.03. The fourth-order valence-electron chi connectivity index (χ4n) is 2.74. The van der Waals surface area contributed by atoms with E-state index in [-0.39, 0.29) is 11.7 Å². The Kier molecular flexibility index (Phi) is 6.29. The van der Waals surface area contributed by atoms with Crippen LogP contribution in [0, 0.1) is 18.3 Å². The Morgan fingerprint density at radius 1 is 1.22 bits per heavy atom. The highest BCUT2D eigenvalue weighted by atomic mass is 32.2. The Bertz CT molecular complexity index is 946.